The van der Waals surface area contributed by atoms with Gasteiger partial charge in [0, 0.05) is 31.2 Å². The molecule has 1 atom stereocenters. The number of piperidine rings is 1. The molecule has 1 fully saturated rings. The lowest BCUT2D eigenvalue weighted by Crippen LogP contribution is -2.43. The lowest BCUT2D eigenvalue weighted by Gasteiger charge is -2.28. The van der Waals surface area contributed by atoms with E-state index in [0.717, 1.165) is 19.3 Å². The lowest BCUT2D eigenvalue weighted by atomic mass is 10.0. The smallest absolute Gasteiger partial charge is 0.251 e. The second-order valence-corrected chi connectivity index (χ2v) is 9.91. The van der Waals surface area contributed by atoms with Crippen LogP contribution in [0.3, 0.4) is 0 Å². The number of carbonyl (C=O) groups excluding carboxylic acids is 1. The lowest BCUT2D eigenvalue weighted by molar-refractivity contribution is 0.0934. The Balaban J connectivity index is 2.19. The molecule has 1 unspecified atom stereocenters. The summed E-state index contributed by atoms with van der Waals surface area (Å²) < 4.78 is 27.3. The Kier molecular flexibility index (Phi) is 7.68. The zero-order chi connectivity index (χ0) is 20.2. The highest BCUT2D eigenvalue weighted by Crippen LogP contribution is 2.27. The highest BCUT2D eigenvalue weighted by molar-refractivity contribution is 7.89. The minimum Gasteiger partial charge on any atom is -0.350 e. The molecule has 1 saturated heterocycles. The number of carbonyl (C=O) groups is 1. The summed E-state index contributed by atoms with van der Waals surface area (Å²) in [5.74, 6) is 0.0785. The van der Waals surface area contributed by atoms with E-state index in [-0.39, 0.29) is 21.9 Å². The van der Waals surface area contributed by atoms with E-state index in [2.05, 4.69) is 24.1 Å². The van der Waals surface area contributed by atoms with Crippen molar-refractivity contribution < 1.29 is 13.2 Å². The van der Waals surface area contributed by atoms with Gasteiger partial charge < -0.3 is 10.2 Å². The maximum atomic E-state index is 12.9. The van der Waals surface area contributed by atoms with Crippen LogP contribution in [-0.4, -0.2) is 63.3 Å². The summed E-state index contributed by atoms with van der Waals surface area (Å²) in [4.78, 5) is 14.7. The number of nitrogens with zero attached hydrogens (tertiary/aromatic N) is 2. The first-order chi connectivity index (χ1) is 12.6. The average molecular weight is 416 g/mol. The molecule has 1 aromatic rings. The largest absolute Gasteiger partial charge is 0.350 e. The second kappa shape index (κ2) is 9.37. The molecular weight excluding hydrogens is 386 g/mol. The van der Waals surface area contributed by atoms with E-state index in [1.807, 2.05) is 14.1 Å². The van der Waals surface area contributed by atoms with Gasteiger partial charge in [-0.05, 0) is 51.1 Å². The third kappa shape index (κ3) is 5.44. The van der Waals surface area contributed by atoms with Crippen molar-refractivity contribution in [3.63, 3.8) is 0 Å². The molecule has 1 heterocycles. The summed E-state index contributed by atoms with van der Waals surface area (Å²) in [7, 11) is 0.256. The van der Waals surface area contributed by atoms with Gasteiger partial charge in [-0.25, -0.2) is 8.42 Å². The normalized spacial score (nSPS) is 17.3. The second-order valence-electron chi connectivity index (χ2n) is 7.59. The fourth-order valence-corrected chi connectivity index (χ4v) is 5.42. The third-order valence-electron chi connectivity index (χ3n) is 5.03. The molecule has 0 saturated carbocycles. The van der Waals surface area contributed by atoms with Gasteiger partial charge in [0.15, 0.2) is 0 Å². The third-order valence-corrected chi connectivity index (χ3v) is 7.41. The molecule has 1 N–H and O–H groups in total. The molecule has 0 radical (unpaired) electrons. The Morgan fingerprint density at radius 1 is 1.22 bits per heavy atom. The summed E-state index contributed by atoms with van der Waals surface area (Å²) in [5, 5.41) is 3.05. The van der Waals surface area contributed by atoms with Crippen molar-refractivity contribution in [3.8, 4) is 0 Å². The van der Waals surface area contributed by atoms with Gasteiger partial charge >= 0.3 is 0 Å². The molecule has 0 aliphatic carbocycles. The predicted molar refractivity (Wildman–Crippen MR) is 109 cm³/mol. The number of likely N-dealkylation sites (N-methyl/N-ethyl adjacent to an activating group) is 1. The van der Waals surface area contributed by atoms with Crippen molar-refractivity contribution in [1.82, 2.24) is 14.5 Å². The number of hydrogen-bond acceptors (Lipinski definition) is 4. The Morgan fingerprint density at radius 3 is 2.41 bits per heavy atom. The molecule has 1 aliphatic heterocycles. The fourth-order valence-electron chi connectivity index (χ4n) is 3.40. The van der Waals surface area contributed by atoms with Crippen LogP contribution in [0, 0.1) is 5.92 Å². The zero-order valence-electron chi connectivity index (χ0n) is 16.5. The average Bonchev–Trinajstić information content (AvgIpc) is 2.62. The van der Waals surface area contributed by atoms with Crippen molar-refractivity contribution in [2.75, 3.05) is 33.7 Å². The first-order valence-corrected chi connectivity index (χ1v) is 11.2. The highest BCUT2D eigenvalue weighted by atomic mass is 35.5. The molecule has 1 aromatic carbocycles. The number of rotatable bonds is 7. The monoisotopic (exact) mass is 415 g/mol. The maximum Gasteiger partial charge on any atom is 0.251 e. The van der Waals surface area contributed by atoms with Gasteiger partial charge in [0.1, 0.15) is 4.90 Å². The topological polar surface area (TPSA) is 69.7 Å². The first kappa shape index (κ1) is 22.1. The number of nitrogens with one attached hydrogen (secondary N) is 1. The van der Waals surface area contributed by atoms with Gasteiger partial charge in [-0.2, -0.15) is 4.31 Å². The molecule has 8 heteroatoms. The van der Waals surface area contributed by atoms with Crippen LogP contribution in [0.1, 0.15) is 43.5 Å². The SMILES string of the molecule is CC(C)C(CNC(=O)c1ccc(Cl)c(S(=O)(=O)N2CCCCC2)c1)N(C)C. The van der Waals surface area contributed by atoms with E-state index in [9.17, 15) is 13.2 Å². The molecule has 152 valence electrons. The quantitative estimate of drug-likeness (QED) is 0.743. The number of amides is 1. The summed E-state index contributed by atoms with van der Waals surface area (Å²) in [6, 6.07) is 4.63. The summed E-state index contributed by atoms with van der Waals surface area (Å²) >= 11 is 6.17. The summed E-state index contributed by atoms with van der Waals surface area (Å²) in [6.45, 7) is 5.67. The molecule has 1 amide bonds. The maximum absolute atomic E-state index is 12.9. The summed E-state index contributed by atoms with van der Waals surface area (Å²) in [6.07, 6.45) is 2.72. The molecule has 1 aliphatic rings. The Labute approximate surface area is 167 Å². The van der Waals surface area contributed by atoms with E-state index < -0.39 is 10.0 Å². The number of benzene rings is 1. The van der Waals surface area contributed by atoms with E-state index in [1.165, 1.54) is 16.4 Å². The van der Waals surface area contributed by atoms with E-state index in [0.29, 0.717) is 31.1 Å². The van der Waals surface area contributed by atoms with Crippen molar-refractivity contribution in [2.24, 2.45) is 5.92 Å². The van der Waals surface area contributed by atoms with Crippen LogP contribution in [0.4, 0.5) is 0 Å². The Hall–Kier alpha value is -1.15. The summed E-state index contributed by atoms with van der Waals surface area (Å²) in [5.41, 5.74) is 0.302. The number of sulfonamides is 1. The van der Waals surface area contributed by atoms with Crippen LogP contribution in [0.2, 0.25) is 5.02 Å². The van der Waals surface area contributed by atoms with Crippen LogP contribution in [0.15, 0.2) is 23.1 Å². The van der Waals surface area contributed by atoms with Crippen molar-refractivity contribution in [2.45, 2.75) is 44.0 Å². The van der Waals surface area contributed by atoms with E-state index in [4.69, 9.17) is 11.6 Å². The van der Waals surface area contributed by atoms with Crippen LogP contribution in [-0.2, 0) is 10.0 Å². The molecule has 6 nitrogen and oxygen atoms in total. The highest BCUT2D eigenvalue weighted by Gasteiger charge is 2.29. The minimum atomic E-state index is -3.69. The van der Waals surface area contributed by atoms with Gasteiger partial charge in [-0.1, -0.05) is 31.9 Å². The minimum absolute atomic E-state index is 0.00624. The molecule has 27 heavy (non-hydrogen) atoms. The molecule has 0 spiro atoms. The predicted octanol–water partition coefficient (Wildman–Crippen LogP) is 2.83. The molecule has 0 bridgehead atoms. The van der Waals surface area contributed by atoms with Gasteiger partial charge in [-0.3, -0.25) is 4.79 Å². The number of halogens is 1. The van der Waals surface area contributed by atoms with Gasteiger partial charge in [-0.15, -0.1) is 0 Å². The van der Waals surface area contributed by atoms with E-state index in [1.54, 1.807) is 6.07 Å². The van der Waals surface area contributed by atoms with Crippen LogP contribution >= 0.6 is 11.6 Å². The molecule has 0 aromatic heterocycles. The molecular formula is C19H30ClN3O3S. The first-order valence-electron chi connectivity index (χ1n) is 9.39. The van der Waals surface area contributed by atoms with Gasteiger partial charge in [0.2, 0.25) is 10.0 Å². The van der Waals surface area contributed by atoms with Crippen LogP contribution < -0.4 is 5.32 Å². The number of hydrogen-bond donors (Lipinski definition) is 1. The van der Waals surface area contributed by atoms with Crippen LogP contribution in [0.5, 0.6) is 0 Å². The zero-order valence-corrected chi connectivity index (χ0v) is 18.1. The fraction of sp³-hybridized carbons (Fsp3) is 0.632. The van der Waals surface area contributed by atoms with E-state index >= 15 is 0 Å². The van der Waals surface area contributed by atoms with Gasteiger partial charge in [0.25, 0.3) is 5.91 Å². The van der Waals surface area contributed by atoms with Crippen molar-refractivity contribution in [3.05, 3.63) is 28.8 Å². The van der Waals surface area contributed by atoms with Crippen molar-refractivity contribution >= 4 is 27.5 Å². The van der Waals surface area contributed by atoms with Crippen LogP contribution in [0.25, 0.3) is 0 Å². The Morgan fingerprint density at radius 2 is 1.85 bits per heavy atom. The standard InChI is InChI=1S/C19H30ClN3O3S/c1-14(2)17(22(3)4)13-21-19(24)15-8-9-16(20)18(12-15)27(25,26)23-10-6-5-7-11-23/h8-9,12,14,17H,5-7,10-11,13H2,1-4H3,(H,21,24). The Bertz CT molecular complexity index is 751. The van der Waals surface area contributed by atoms with Gasteiger partial charge in [0.05, 0.1) is 5.02 Å². The van der Waals surface area contributed by atoms with Crippen molar-refractivity contribution in [1.29, 1.82) is 0 Å². The molecule has 2 rings (SSSR count).